The van der Waals surface area contributed by atoms with Crippen LogP contribution in [0.15, 0.2) is 34.1 Å². The van der Waals surface area contributed by atoms with Crippen molar-refractivity contribution in [3.05, 3.63) is 39.1 Å². The molecule has 1 aromatic heterocycles. The van der Waals surface area contributed by atoms with Crippen molar-refractivity contribution in [1.29, 1.82) is 0 Å². The van der Waals surface area contributed by atoms with Gasteiger partial charge in [-0.25, -0.2) is 4.98 Å². The molecule has 0 aliphatic carbocycles. The Kier molecular flexibility index (Phi) is 3.22. The lowest BCUT2D eigenvalue weighted by molar-refractivity contribution is 0.853. The van der Waals surface area contributed by atoms with Gasteiger partial charge in [0, 0.05) is 21.3 Å². The number of rotatable bonds is 2. The fraction of sp³-hybridized carbons (Fsp3) is 0.250. The molecule has 3 heteroatoms. The van der Waals surface area contributed by atoms with Crippen molar-refractivity contribution >= 4 is 27.3 Å². The summed E-state index contributed by atoms with van der Waals surface area (Å²) < 4.78 is 1.10. The largest absolute Gasteiger partial charge is 0.241 e. The van der Waals surface area contributed by atoms with Crippen molar-refractivity contribution in [2.75, 3.05) is 0 Å². The molecule has 2 rings (SSSR count). The third kappa shape index (κ3) is 2.47. The highest BCUT2D eigenvalue weighted by Crippen LogP contribution is 2.26. The molecular weight excluding hydrogens is 270 g/mol. The molecule has 1 aromatic carbocycles. The zero-order valence-electron chi connectivity index (χ0n) is 8.70. The van der Waals surface area contributed by atoms with Gasteiger partial charge in [0.05, 0.1) is 10.7 Å². The van der Waals surface area contributed by atoms with Gasteiger partial charge in [0.15, 0.2) is 0 Å². The van der Waals surface area contributed by atoms with Crippen LogP contribution in [0.5, 0.6) is 0 Å². The van der Waals surface area contributed by atoms with Gasteiger partial charge >= 0.3 is 0 Å². The second-order valence-electron chi connectivity index (χ2n) is 3.73. The Morgan fingerprint density at radius 2 is 1.87 bits per heavy atom. The third-order valence-electron chi connectivity index (χ3n) is 2.16. The van der Waals surface area contributed by atoms with E-state index < -0.39 is 0 Å². The number of nitrogens with zero attached hydrogens (tertiary/aromatic N) is 1. The summed E-state index contributed by atoms with van der Waals surface area (Å²) in [7, 11) is 0. The topological polar surface area (TPSA) is 12.9 Å². The van der Waals surface area contributed by atoms with Gasteiger partial charge < -0.3 is 0 Å². The number of hydrogen-bond acceptors (Lipinski definition) is 2. The van der Waals surface area contributed by atoms with E-state index in [1.54, 1.807) is 11.3 Å². The van der Waals surface area contributed by atoms with Gasteiger partial charge in [-0.1, -0.05) is 41.9 Å². The molecular formula is C12H12BrNS. The van der Waals surface area contributed by atoms with Gasteiger partial charge in [0.25, 0.3) is 0 Å². The van der Waals surface area contributed by atoms with Gasteiger partial charge in [0.1, 0.15) is 0 Å². The fourth-order valence-corrected chi connectivity index (χ4v) is 2.41. The first-order valence-electron chi connectivity index (χ1n) is 4.88. The van der Waals surface area contributed by atoms with Crippen LogP contribution in [0.3, 0.4) is 0 Å². The molecule has 0 saturated heterocycles. The van der Waals surface area contributed by atoms with Crippen LogP contribution in [0.25, 0.3) is 11.3 Å². The van der Waals surface area contributed by atoms with Crippen molar-refractivity contribution in [3.63, 3.8) is 0 Å². The highest BCUT2D eigenvalue weighted by molar-refractivity contribution is 9.10. The molecule has 0 unspecified atom stereocenters. The molecule has 0 saturated carbocycles. The Bertz CT molecular complexity index is 445. The zero-order valence-corrected chi connectivity index (χ0v) is 11.1. The van der Waals surface area contributed by atoms with Gasteiger partial charge in [-0.2, -0.15) is 0 Å². The minimum absolute atomic E-state index is 0.513. The smallest absolute Gasteiger partial charge is 0.0958 e. The van der Waals surface area contributed by atoms with E-state index in [-0.39, 0.29) is 0 Å². The van der Waals surface area contributed by atoms with E-state index in [4.69, 9.17) is 0 Å². The standard InChI is InChI=1S/C12H12BrNS/c1-8(2)12-14-11(7-15-12)9-3-5-10(13)6-4-9/h3-8H,1-2H3. The molecule has 1 nitrogen and oxygen atoms in total. The van der Waals surface area contributed by atoms with Crippen molar-refractivity contribution in [2.45, 2.75) is 19.8 Å². The van der Waals surface area contributed by atoms with E-state index >= 15 is 0 Å². The summed E-state index contributed by atoms with van der Waals surface area (Å²) >= 11 is 5.16. The minimum Gasteiger partial charge on any atom is -0.241 e. The molecule has 0 aliphatic rings. The molecule has 15 heavy (non-hydrogen) atoms. The lowest BCUT2D eigenvalue weighted by atomic mass is 10.2. The molecule has 0 bridgehead atoms. The van der Waals surface area contributed by atoms with Gasteiger partial charge in [-0.05, 0) is 12.1 Å². The third-order valence-corrected chi connectivity index (χ3v) is 3.83. The van der Waals surface area contributed by atoms with E-state index in [0.29, 0.717) is 5.92 Å². The van der Waals surface area contributed by atoms with Crippen LogP contribution < -0.4 is 0 Å². The Hall–Kier alpha value is -0.670. The molecule has 0 N–H and O–H groups in total. The molecule has 2 aromatic rings. The Labute approximate surface area is 102 Å². The maximum absolute atomic E-state index is 4.61. The summed E-state index contributed by atoms with van der Waals surface area (Å²) in [6.07, 6.45) is 0. The summed E-state index contributed by atoms with van der Waals surface area (Å²) in [6, 6.07) is 8.26. The minimum atomic E-state index is 0.513. The monoisotopic (exact) mass is 281 g/mol. The summed E-state index contributed by atoms with van der Waals surface area (Å²) in [6.45, 7) is 4.34. The molecule has 0 aliphatic heterocycles. The summed E-state index contributed by atoms with van der Waals surface area (Å²) in [4.78, 5) is 4.61. The lowest BCUT2D eigenvalue weighted by Crippen LogP contribution is -1.85. The normalized spacial score (nSPS) is 10.9. The molecule has 0 atom stereocenters. The maximum Gasteiger partial charge on any atom is 0.0958 e. The Morgan fingerprint density at radius 1 is 1.20 bits per heavy atom. The summed E-state index contributed by atoms with van der Waals surface area (Å²) in [5.74, 6) is 0.513. The second kappa shape index (κ2) is 4.45. The van der Waals surface area contributed by atoms with E-state index in [9.17, 15) is 0 Å². The van der Waals surface area contributed by atoms with E-state index in [0.717, 1.165) is 10.2 Å². The predicted octanol–water partition coefficient (Wildman–Crippen LogP) is 4.70. The number of benzene rings is 1. The van der Waals surface area contributed by atoms with Crippen LogP contribution in [0.2, 0.25) is 0 Å². The van der Waals surface area contributed by atoms with Crippen molar-refractivity contribution < 1.29 is 0 Å². The fourth-order valence-electron chi connectivity index (χ4n) is 1.31. The Balaban J connectivity index is 2.33. The van der Waals surface area contributed by atoms with E-state index in [1.165, 1.54) is 10.6 Å². The number of hydrogen-bond donors (Lipinski definition) is 0. The summed E-state index contributed by atoms with van der Waals surface area (Å²) in [5, 5.41) is 3.33. The first-order valence-corrected chi connectivity index (χ1v) is 6.55. The average Bonchev–Trinajstić information content (AvgIpc) is 2.68. The first kappa shape index (κ1) is 10.8. The highest BCUT2D eigenvalue weighted by Gasteiger charge is 2.06. The number of halogens is 1. The van der Waals surface area contributed by atoms with E-state index in [1.807, 2.05) is 12.1 Å². The van der Waals surface area contributed by atoms with Crippen LogP contribution in [-0.4, -0.2) is 4.98 Å². The van der Waals surface area contributed by atoms with Gasteiger partial charge in [-0.15, -0.1) is 11.3 Å². The van der Waals surface area contributed by atoms with Gasteiger partial charge in [0.2, 0.25) is 0 Å². The average molecular weight is 282 g/mol. The summed E-state index contributed by atoms with van der Waals surface area (Å²) in [5.41, 5.74) is 2.26. The van der Waals surface area contributed by atoms with Crippen LogP contribution >= 0.6 is 27.3 Å². The van der Waals surface area contributed by atoms with Gasteiger partial charge in [-0.3, -0.25) is 0 Å². The zero-order chi connectivity index (χ0) is 10.8. The highest BCUT2D eigenvalue weighted by atomic mass is 79.9. The van der Waals surface area contributed by atoms with Crippen LogP contribution in [0, 0.1) is 0 Å². The van der Waals surface area contributed by atoms with Crippen LogP contribution in [0.1, 0.15) is 24.8 Å². The maximum atomic E-state index is 4.61. The molecule has 0 radical (unpaired) electrons. The second-order valence-corrected chi connectivity index (χ2v) is 5.54. The van der Waals surface area contributed by atoms with E-state index in [2.05, 4.69) is 52.3 Å². The number of thiazole rings is 1. The first-order chi connectivity index (χ1) is 7.16. The van der Waals surface area contributed by atoms with Crippen molar-refractivity contribution in [1.82, 2.24) is 4.98 Å². The predicted molar refractivity (Wildman–Crippen MR) is 69.3 cm³/mol. The SMILES string of the molecule is CC(C)c1nc(-c2ccc(Br)cc2)cs1. The molecule has 78 valence electrons. The lowest BCUT2D eigenvalue weighted by Gasteiger charge is -1.98. The molecule has 0 fully saturated rings. The Morgan fingerprint density at radius 3 is 2.40 bits per heavy atom. The molecule has 1 heterocycles. The van der Waals surface area contributed by atoms with Crippen molar-refractivity contribution in [3.8, 4) is 11.3 Å². The van der Waals surface area contributed by atoms with Crippen molar-refractivity contribution in [2.24, 2.45) is 0 Å². The quantitative estimate of drug-likeness (QED) is 0.778. The molecule has 0 amide bonds. The molecule has 0 spiro atoms. The van der Waals surface area contributed by atoms with Crippen LogP contribution in [-0.2, 0) is 0 Å². The number of aromatic nitrogens is 1. The van der Waals surface area contributed by atoms with Crippen LogP contribution in [0.4, 0.5) is 0 Å².